The lowest BCUT2D eigenvalue weighted by atomic mass is 9.69. The van der Waals surface area contributed by atoms with E-state index in [1.54, 1.807) is 66.8 Å². The van der Waals surface area contributed by atoms with Crippen molar-refractivity contribution in [1.82, 2.24) is 0 Å². The molecule has 4 aliphatic carbocycles. The fourth-order valence-corrected chi connectivity index (χ4v) is 9.97. The third-order valence-corrected chi connectivity index (χ3v) is 13.1. The molecule has 4 aliphatic rings. The minimum Gasteiger partial charge on any atom is -0.0654 e. The SMILES string of the molecule is CCCCCCc1cc2c(cc1CCCCCC)CC1=C(CC3=C(C1)CC1=C(C3)Cc3cc(CCCCCC)c(CCCCCC)cc3C1)C2. The number of benzene rings is 2. The fourth-order valence-electron chi connectivity index (χ4n) is 9.97. The van der Waals surface area contributed by atoms with Gasteiger partial charge in [0.2, 0.25) is 0 Å². The van der Waals surface area contributed by atoms with Crippen LogP contribution in [0.1, 0.15) is 201 Å². The maximum absolute atomic E-state index is 2.70. The third-order valence-electron chi connectivity index (χ3n) is 13.1. The van der Waals surface area contributed by atoms with E-state index in [0.29, 0.717) is 0 Å². The highest BCUT2D eigenvalue weighted by Gasteiger charge is 2.31. The van der Waals surface area contributed by atoms with E-state index >= 15 is 0 Å². The second-order valence-electron chi connectivity index (χ2n) is 17.1. The van der Waals surface area contributed by atoms with E-state index in [0.717, 1.165) is 0 Å². The molecule has 0 fully saturated rings. The first-order chi connectivity index (χ1) is 24.6. The molecule has 0 saturated heterocycles. The highest BCUT2D eigenvalue weighted by atomic mass is 14.4. The summed E-state index contributed by atoms with van der Waals surface area (Å²) in [7, 11) is 0. The molecule has 0 N–H and O–H groups in total. The van der Waals surface area contributed by atoms with Crippen LogP contribution >= 0.6 is 0 Å². The van der Waals surface area contributed by atoms with Crippen molar-refractivity contribution in [3.05, 3.63) is 102 Å². The standard InChI is InChI=1S/C50H72/c1-5-9-13-17-21-37-25-41-29-45-33-49-35-47-31-43-27-39(23-19-15-11-7-3)40(24-20-16-12-8-4)28-44(43)32-48(47)36-50(49)34-46(45)30-42(41)26-38(37)22-18-14-10-6-2/h25-28H,5-24,29-36H2,1-4H3. The largest absolute Gasteiger partial charge is 0.0654 e. The van der Waals surface area contributed by atoms with E-state index in [9.17, 15) is 0 Å². The molecule has 0 atom stereocenters. The zero-order valence-electron chi connectivity index (χ0n) is 33.1. The van der Waals surface area contributed by atoms with Gasteiger partial charge in [-0.15, -0.1) is 0 Å². The first kappa shape index (κ1) is 37.4. The van der Waals surface area contributed by atoms with Crippen LogP contribution in [0, 0.1) is 0 Å². The Balaban J connectivity index is 1.14. The summed E-state index contributed by atoms with van der Waals surface area (Å²) in [5.41, 5.74) is 24.3. The van der Waals surface area contributed by atoms with Gasteiger partial charge in [0, 0.05) is 0 Å². The molecule has 0 heteroatoms. The van der Waals surface area contributed by atoms with Crippen LogP contribution in [0.25, 0.3) is 0 Å². The van der Waals surface area contributed by atoms with Gasteiger partial charge in [-0.3, -0.25) is 0 Å². The van der Waals surface area contributed by atoms with Crippen molar-refractivity contribution in [3.63, 3.8) is 0 Å². The summed E-state index contributed by atoms with van der Waals surface area (Å²) in [4.78, 5) is 0. The zero-order chi connectivity index (χ0) is 34.7. The Morgan fingerprint density at radius 3 is 0.720 bits per heavy atom. The smallest absolute Gasteiger partial charge is 0.00580 e. The van der Waals surface area contributed by atoms with Crippen molar-refractivity contribution in [3.8, 4) is 0 Å². The quantitative estimate of drug-likeness (QED) is 0.0970. The number of hydrogen-bond acceptors (Lipinski definition) is 0. The molecule has 0 nitrogen and oxygen atoms in total. The summed E-state index contributed by atoms with van der Waals surface area (Å²) in [6, 6.07) is 10.8. The van der Waals surface area contributed by atoms with Gasteiger partial charge in [-0.1, -0.05) is 162 Å². The molecule has 2 aromatic carbocycles. The molecule has 0 unspecified atom stereocenters. The number of rotatable bonds is 20. The molecule has 0 saturated carbocycles. The Morgan fingerprint density at radius 1 is 0.280 bits per heavy atom. The normalized spacial score (nSPS) is 16.7. The van der Waals surface area contributed by atoms with Crippen LogP contribution in [-0.4, -0.2) is 0 Å². The van der Waals surface area contributed by atoms with Gasteiger partial charge < -0.3 is 0 Å². The molecule has 272 valence electrons. The Morgan fingerprint density at radius 2 is 0.500 bits per heavy atom. The first-order valence-corrected chi connectivity index (χ1v) is 22.0. The van der Waals surface area contributed by atoms with E-state index in [1.807, 2.05) is 11.1 Å². The Hall–Kier alpha value is -2.34. The van der Waals surface area contributed by atoms with E-state index in [-0.39, 0.29) is 0 Å². The van der Waals surface area contributed by atoms with Crippen LogP contribution in [0.5, 0.6) is 0 Å². The second-order valence-corrected chi connectivity index (χ2v) is 17.1. The molecule has 0 heterocycles. The van der Waals surface area contributed by atoms with Crippen LogP contribution in [-0.2, 0) is 51.4 Å². The highest BCUT2D eigenvalue weighted by Crippen LogP contribution is 2.47. The summed E-state index contributed by atoms with van der Waals surface area (Å²) in [6.45, 7) is 9.35. The minimum atomic E-state index is 1.22. The fraction of sp³-hybridized carbons (Fsp3) is 0.640. The van der Waals surface area contributed by atoms with Crippen molar-refractivity contribution in [2.24, 2.45) is 0 Å². The average molecular weight is 673 g/mol. The summed E-state index contributed by atoms with van der Waals surface area (Å²) >= 11 is 0. The molecule has 0 spiro atoms. The number of unbranched alkanes of at least 4 members (excludes halogenated alkanes) is 12. The molecule has 2 aromatic rings. The van der Waals surface area contributed by atoms with Crippen molar-refractivity contribution in [2.75, 3.05) is 0 Å². The predicted octanol–water partition coefficient (Wildman–Crippen LogP) is 14.6. The maximum Gasteiger partial charge on any atom is -0.00580 e. The van der Waals surface area contributed by atoms with Crippen LogP contribution < -0.4 is 0 Å². The topological polar surface area (TPSA) is 0 Å². The summed E-state index contributed by atoms with van der Waals surface area (Å²) in [6.07, 6.45) is 36.9. The molecular formula is C50H72. The van der Waals surface area contributed by atoms with Gasteiger partial charge in [-0.25, -0.2) is 0 Å². The molecule has 0 bridgehead atoms. The van der Waals surface area contributed by atoms with Crippen molar-refractivity contribution in [2.45, 2.75) is 207 Å². The average Bonchev–Trinajstić information content (AvgIpc) is 3.12. The number of hydrogen-bond donors (Lipinski definition) is 0. The molecular weight excluding hydrogens is 601 g/mol. The predicted molar refractivity (Wildman–Crippen MR) is 219 cm³/mol. The van der Waals surface area contributed by atoms with Gasteiger partial charge in [0.05, 0.1) is 0 Å². The monoisotopic (exact) mass is 673 g/mol. The van der Waals surface area contributed by atoms with Crippen LogP contribution in [0.4, 0.5) is 0 Å². The Kier molecular flexibility index (Phi) is 14.2. The Bertz CT molecular complexity index is 1310. The van der Waals surface area contributed by atoms with Gasteiger partial charge in [0.25, 0.3) is 0 Å². The van der Waals surface area contributed by atoms with Gasteiger partial charge in [-0.2, -0.15) is 0 Å². The number of fused-ring (bicyclic) bond motifs is 2. The summed E-state index contributed by atoms with van der Waals surface area (Å²) in [5.74, 6) is 0. The van der Waals surface area contributed by atoms with Gasteiger partial charge in [-0.05, 0) is 147 Å². The Labute approximate surface area is 308 Å². The third kappa shape index (κ3) is 9.55. The van der Waals surface area contributed by atoms with E-state index in [2.05, 4.69) is 52.0 Å². The van der Waals surface area contributed by atoms with Crippen molar-refractivity contribution in [1.29, 1.82) is 0 Å². The van der Waals surface area contributed by atoms with Crippen molar-refractivity contribution < 1.29 is 0 Å². The molecule has 0 radical (unpaired) electrons. The number of allylic oxidation sites excluding steroid dienone is 6. The van der Waals surface area contributed by atoms with E-state index < -0.39 is 0 Å². The van der Waals surface area contributed by atoms with E-state index in [1.165, 1.54) is 180 Å². The number of aryl methyl sites for hydroxylation is 4. The summed E-state index contributed by atoms with van der Waals surface area (Å²) in [5, 5.41) is 0. The van der Waals surface area contributed by atoms with Crippen molar-refractivity contribution >= 4 is 0 Å². The lowest BCUT2D eigenvalue weighted by molar-refractivity contribution is 0.648. The maximum atomic E-state index is 2.70. The molecule has 50 heavy (non-hydrogen) atoms. The molecule has 0 aromatic heterocycles. The molecule has 0 aliphatic heterocycles. The van der Waals surface area contributed by atoms with Crippen LogP contribution in [0.2, 0.25) is 0 Å². The lowest BCUT2D eigenvalue weighted by Gasteiger charge is -2.36. The molecule has 6 rings (SSSR count). The van der Waals surface area contributed by atoms with Crippen LogP contribution in [0.3, 0.4) is 0 Å². The molecule has 0 amide bonds. The second kappa shape index (κ2) is 18.9. The first-order valence-electron chi connectivity index (χ1n) is 22.0. The van der Waals surface area contributed by atoms with Crippen LogP contribution in [0.15, 0.2) is 57.7 Å². The highest BCUT2D eigenvalue weighted by molar-refractivity contribution is 5.54. The van der Waals surface area contributed by atoms with Gasteiger partial charge in [0.1, 0.15) is 0 Å². The summed E-state index contributed by atoms with van der Waals surface area (Å²) < 4.78 is 0. The van der Waals surface area contributed by atoms with Gasteiger partial charge >= 0.3 is 0 Å². The minimum absolute atomic E-state index is 1.22. The zero-order valence-corrected chi connectivity index (χ0v) is 33.1. The van der Waals surface area contributed by atoms with E-state index in [4.69, 9.17) is 0 Å². The lowest BCUT2D eigenvalue weighted by Crippen LogP contribution is -2.21. The van der Waals surface area contributed by atoms with Gasteiger partial charge in [0.15, 0.2) is 0 Å².